The van der Waals surface area contributed by atoms with E-state index in [1.807, 2.05) is 10.6 Å². The van der Waals surface area contributed by atoms with Gasteiger partial charge in [-0.25, -0.2) is 9.78 Å². The van der Waals surface area contributed by atoms with E-state index < -0.39 is 5.97 Å². The SMILES string of the molecule is O=C(O)c1cccn2c(C3CCNC3)ncc12. The van der Waals surface area contributed by atoms with Gasteiger partial charge in [0.2, 0.25) is 0 Å². The minimum Gasteiger partial charge on any atom is -0.478 e. The first kappa shape index (κ1) is 10.3. The average molecular weight is 231 g/mol. The van der Waals surface area contributed by atoms with Gasteiger partial charge in [0.05, 0.1) is 17.3 Å². The summed E-state index contributed by atoms with van der Waals surface area (Å²) in [5.41, 5.74) is 0.971. The maximum atomic E-state index is 11.1. The van der Waals surface area contributed by atoms with Gasteiger partial charge in [0.15, 0.2) is 0 Å². The van der Waals surface area contributed by atoms with Gasteiger partial charge in [-0.3, -0.25) is 0 Å². The number of imidazole rings is 1. The molecule has 0 radical (unpaired) electrons. The number of carboxylic acid groups (broad SMARTS) is 1. The summed E-state index contributed by atoms with van der Waals surface area (Å²) in [5.74, 6) is 0.418. The number of carbonyl (C=O) groups is 1. The summed E-state index contributed by atoms with van der Waals surface area (Å²) < 4.78 is 1.89. The quantitative estimate of drug-likeness (QED) is 0.812. The maximum absolute atomic E-state index is 11.1. The van der Waals surface area contributed by atoms with Crippen LogP contribution >= 0.6 is 0 Å². The third kappa shape index (κ3) is 1.59. The highest BCUT2D eigenvalue weighted by Crippen LogP contribution is 2.23. The number of carboxylic acids is 1. The molecule has 3 heterocycles. The fourth-order valence-electron chi connectivity index (χ4n) is 2.40. The second kappa shape index (κ2) is 3.85. The Kier molecular flexibility index (Phi) is 2.33. The average Bonchev–Trinajstić information content (AvgIpc) is 2.96. The second-order valence-corrected chi connectivity index (χ2v) is 4.29. The molecule has 1 fully saturated rings. The van der Waals surface area contributed by atoms with Crippen LogP contribution < -0.4 is 5.32 Å². The summed E-state index contributed by atoms with van der Waals surface area (Å²) >= 11 is 0. The normalized spacial score (nSPS) is 19.9. The van der Waals surface area contributed by atoms with Crippen molar-refractivity contribution < 1.29 is 9.90 Å². The van der Waals surface area contributed by atoms with E-state index in [0.717, 1.165) is 25.3 Å². The fraction of sp³-hybridized carbons (Fsp3) is 0.333. The molecule has 1 aliphatic heterocycles. The van der Waals surface area contributed by atoms with Crippen molar-refractivity contribution in [1.82, 2.24) is 14.7 Å². The first-order valence-electron chi connectivity index (χ1n) is 5.67. The highest BCUT2D eigenvalue weighted by molar-refractivity contribution is 5.95. The third-order valence-electron chi connectivity index (χ3n) is 3.26. The van der Waals surface area contributed by atoms with Gasteiger partial charge < -0.3 is 14.8 Å². The van der Waals surface area contributed by atoms with E-state index in [0.29, 0.717) is 17.0 Å². The number of rotatable bonds is 2. The lowest BCUT2D eigenvalue weighted by molar-refractivity contribution is 0.0698. The van der Waals surface area contributed by atoms with E-state index in [4.69, 9.17) is 5.11 Å². The van der Waals surface area contributed by atoms with Crippen LogP contribution in [0.3, 0.4) is 0 Å². The number of pyridine rings is 1. The van der Waals surface area contributed by atoms with Crippen LogP contribution in [0.25, 0.3) is 5.52 Å². The molecule has 0 aliphatic carbocycles. The standard InChI is InChI=1S/C12H13N3O2/c16-12(17)9-2-1-5-15-10(9)7-14-11(15)8-3-4-13-6-8/h1-2,5,7-8,13H,3-4,6H2,(H,16,17). The number of nitrogens with one attached hydrogen (secondary N) is 1. The van der Waals surface area contributed by atoms with E-state index in [9.17, 15) is 4.79 Å². The zero-order valence-electron chi connectivity index (χ0n) is 9.26. The highest BCUT2D eigenvalue weighted by atomic mass is 16.4. The van der Waals surface area contributed by atoms with Crippen molar-refractivity contribution in [2.24, 2.45) is 0 Å². The minimum atomic E-state index is -0.911. The molecular weight excluding hydrogens is 218 g/mol. The van der Waals surface area contributed by atoms with Crippen LogP contribution in [-0.2, 0) is 0 Å². The fourth-order valence-corrected chi connectivity index (χ4v) is 2.40. The summed E-state index contributed by atoms with van der Waals surface area (Å²) in [6, 6.07) is 3.36. The highest BCUT2D eigenvalue weighted by Gasteiger charge is 2.22. The van der Waals surface area contributed by atoms with Gasteiger partial charge in [-0.1, -0.05) is 0 Å². The van der Waals surface area contributed by atoms with Gasteiger partial charge in [0, 0.05) is 18.7 Å². The molecule has 0 spiro atoms. The van der Waals surface area contributed by atoms with Crippen molar-refractivity contribution in [3.05, 3.63) is 35.9 Å². The molecule has 1 saturated heterocycles. The predicted molar refractivity (Wildman–Crippen MR) is 62.4 cm³/mol. The molecule has 2 aromatic rings. The molecule has 0 saturated carbocycles. The Morgan fingerprint density at radius 1 is 1.59 bits per heavy atom. The molecular formula is C12H13N3O2. The molecule has 1 unspecified atom stereocenters. The van der Waals surface area contributed by atoms with Crippen LogP contribution in [0.5, 0.6) is 0 Å². The Hall–Kier alpha value is -1.88. The number of fused-ring (bicyclic) bond motifs is 1. The van der Waals surface area contributed by atoms with Gasteiger partial charge >= 0.3 is 5.97 Å². The molecule has 0 amide bonds. The van der Waals surface area contributed by atoms with Crippen molar-refractivity contribution in [2.75, 3.05) is 13.1 Å². The van der Waals surface area contributed by atoms with Crippen molar-refractivity contribution in [1.29, 1.82) is 0 Å². The maximum Gasteiger partial charge on any atom is 0.337 e. The molecule has 0 bridgehead atoms. The van der Waals surface area contributed by atoms with Crippen LogP contribution in [-0.4, -0.2) is 33.6 Å². The summed E-state index contributed by atoms with van der Waals surface area (Å²) in [5, 5.41) is 12.4. The van der Waals surface area contributed by atoms with Crippen LogP contribution in [0.1, 0.15) is 28.5 Å². The molecule has 5 heteroatoms. The number of aromatic carboxylic acids is 1. The van der Waals surface area contributed by atoms with Crippen molar-refractivity contribution in [2.45, 2.75) is 12.3 Å². The summed E-state index contributed by atoms with van der Waals surface area (Å²) in [6.07, 6.45) is 4.58. The molecule has 3 rings (SSSR count). The second-order valence-electron chi connectivity index (χ2n) is 4.29. The lowest BCUT2D eigenvalue weighted by Gasteiger charge is -2.07. The number of hydrogen-bond acceptors (Lipinski definition) is 3. The zero-order chi connectivity index (χ0) is 11.8. The van der Waals surface area contributed by atoms with Crippen molar-refractivity contribution >= 4 is 11.5 Å². The van der Waals surface area contributed by atoms with Gasteiger partial charge in [0.1, 0.15) is 5.82 Å². The molecule has 2 N–H and O–H groups in total. The Morgan fingerprint density at radius 2 is 2.47 bits per heavy atom. The van der Waals surface area contributed by atoms with Crippen LogP contribution in [0.2, 0.25) is 0 Å². The Morgan fingerprint density at radius 3 is 3.18 bits per heavy atom. The smallest absolute Gasteiger partial charge is 0.337 e. The van der Waals surface area contributed by atoms with Crippen LogP contribution in [0.15, 0.2) is 24.5 Å². The van der Waals surface area contributed by atoms with E-state index in [2.05, 4.69) is 10.3 Å². The third-order valence-corrected chi connectivity index (χ3v) is 3.26. The molecule has 0 aromatic carbocycles. The van der Waals surface area contributed by atoms with Crippen molar-refractivity contribution in [3.8, 4) is 0 Å². The topological polar surface area (TPSA) is 66.6 Å². The largest absolute Gasteiger partial charge is 0.478 e. The molecule has 88 valence electrons. The molecule has 5 nitrogen and oxygen atoms in total. The minimum absolute atomic E-state index is 0.303. The molecule has 1 aliphatic rings. The van der Waals surface area contributed by atoms with Crippen LogP contribution in [0.4, 0.5) is 0 Å². The van der Waals surface area contributed by atoms with Gasteiger partial charge in [0.25, 0.3) is 0 Å². The number of aromatic nitrogens is 2. The van der Waals surface area contributed by atoms with E-state index in [-0.39, 0.29) is 0 Å². The summed E-state index contributed by atoms with van der Waals surface area (Å²) in [4.78, 5) is 15.5. The van der Waals surface area contributed by atoms with Gasteiger partial charge in [-0.2, -0.15) is 0 Å². The summed E-state index contributed by atoms with van der Waals surface area (Å²) in [7, 11) is 0. The Labute approximate surface area is 98.1 Å². The Bertz CT molecular complexity index is 570. The first-order chi connectivity index (χ1) is 8.27. The Balaban J connectivity index is 2.15. The van der Waals surface area contributed by atoms with E-state index in [1.165, 1.54) is 0 Å². The number of nitrogens with zero attached hydrogens (tertiary/aromatic N) is 2. The lowest BCUT2D eigenvalue weighted by Crippen LogP contribution is -2.10. The van der Waals surface area contributed by atoms with E-state index in [1.54, 1.807) is 18.3 Å². The lowest BCUT2D eigenvalue weighted by atomic mass is 10.1. The molecule has 17 heavy (non-hydrogen) atoms. The number of hydrogen-bond donors (Lipinski definition) is 2. The van der Waals surface area contributed by atoms with Crippen molar-refractivity contribution in [3.63, 3.8) is 0 Å². The zero-order valence-corrected chi connectivity index (χ0v) is 9.26. The molecule has 1 atom stereocenters. The van der Waals surface area contributed by atoms with Gasteiger partial charge in [-0.05, 0) is 25.1 Å². The first-order valence-corrected chi connectivity index (χ1v) is 5.67. The van der Waals surface area contributed by atoms with Crippen LogP contribution in [0, 0.1) is 0 Å². The summed E-state index contributed by atoms with van der Waals surface area (Å²) in [6.45, 7) is 1.91. The predicted octanol–water partition coefficient (Wildman–Crippen LogP) is 1.11. The van der Waals surface area contributed by atoms with E-state index >= 15 is 0 Å². The monoisotopic (exact) mass is 231 g/mol. The molecule has 2 aromatic heterocycles. The van der Waals surface area contributed by atoms with Gasteiger partial charge in [-0.15, -0.1) is 0 Å².